The molecule has 0 spiro atoms. The van der Waals surface area contributed by atoms with E-state index in [1.165, 1.54) is 250 Å². The maximum absolute atomic E-state index is 13.1. The highest BCUT2D eigenvalue weighted by atomic mass is 31.2. The Hall–Kier alpha value is -0.920. The number of aliphatic hydroxyl groups is 6. The number of phosphoric ester groups is 1. The highest BCUT2D eigenvalue weighted by Crippen LogP contribution is 2.47. The summed E-state index contributed by atoms with van der Waals surface area (Å²) >= 11 is 0. The molecule has 13 heteroatoms. The molecule has 1 aliphatic rings. The second kappa shape index (κ2) is 51.2. The van der Waals surface area contributed by atoms with Crippen LogP contribution in [0.5, 0.6) is 0 Å². The number of hydrogen-bond acceptors (Lipinski definition) is 10. The maximum atomic E-state index is 13.1. The average molecular weight is 1090 g/mol. The zero-order valence-corrected chi connectivity index (χ0v) is 49.5. The van der Waals surface area contributed by atoms with E-state index in [1.54, 1.807) is 6.08 Å². The van der Waals surface area contributed by atoms with Crippen molar-refractivity contribution < 1.29 is 53.9 Å². The molecule has 0 bridgehead atoms. The van der Waals surface area contributed by atoms with Gasteiger partial charge in [0.1, 0.15) is 36.6 Å². The summed E-state index contributed by atoms with van der Waals surface area (Å²) in [5.41, 5.74) is 0. The van der Waals surface area contributed by atoms with Gasteiger partial charge in [-0.3, -0.25) is 13.8 Å². The van der Waals surface area contributed by atoms with E-state index in [2.05, 4.69) is 19.2 Å². The number of hydrogen-bond donors (Lipinski definition) is 8. The first kappa shape index (κ1) is 72.1. The zero-order chi connectivity index (χ0) is 54.9. The van der Waals surface area contributed by atoms with Crippen molar-refractivity contribution in [2.75, 3.05) is 6.61 Å². The van der Waals surface area contributed by atoms with E-state index in [0.29, 0.717) is 6.42 Å². The molecule has 1 aliphatic carbocycles. The molecule has 9 atom stereocenters. The van der Waals surface area contributed by atoms with Gasteiger partial charge in [-0.1, -0.05) is 309 Å². The fraction of sp³-hybridized carbons (Fsp3) is 0.952. The molecule has 0 aromatic rings. The quantitative estimate of drug-likeness (QED) is 0.0163. The third-order valence-electron chi connectivity index (χ3n) is 15.8. The highest BCUT2D eigenvalue weighted by molar-refractivity contribution is 7.47. The van der Waals surface area contributed by atoms with Crippen molar-refractivity contribution in [1.29, 1.82) is 0 Å². The molecule has 75 heavy (non-hydrogen) atoms. The van der Waals surface area contributed by atoms with Gasteiger partial charge in [-0.05, 0) is 19.3 Å². The van der Waals surface area contributed by atoms with Gasteiger partial charge in [0, 0.05) is 6.42 Å². The Labute approximate surface area is 460 Å². The lowest BCUT2D eigenvalue weighted by molar-refractivity contribution is -0.220. The minimum absolute atomic E-state index is 0.220. The van der Waals surface area contributed by atoms with E-state index in [-0.39, 0.29) is 12.3 Å². The van der Waals surface area contributed by atoms with Crippen LogP contribution in [-0.4, -0.2) is 96.8 Å². The Morgan fingerprint density at radius 3 is 1.01 bits per heavy atom. The van der Waals surface area contributed by atoms with Crippen molar-refractivity contribution in [2.45, 2.75) is 371 Å². The van der Waals surface area contributed by atoms with Gasteiger partial charge in [0.05, 0.1) is 18.8 Å². The molecular weight excluding hydrogens is 966 g/mol. The molecule has 1 amide bonds. The first-order chi connectivity index (χ1) is 36.4. The molecule has 1 rings (SSSR count). The van der Waals surface area contributed by atoms with Crippen LogP contribution >= 0.6 is 7.82 Å². The topological polar surface area (TPSA) is 206 Å². The molecule has 0 heterocycles. The van der Waals surface area contributed by atoms with Gasteiger partial charge in [0.2, 0.25) is 5.91 Å². The van der Waals surface area contributed by atoms with Gasteiger partial charge < -0.3 is 40.8 Å². The minimum atomic E-state index is -5.09. The lowest BCUT2D eigenvalue weighted by Crippen LogP contribution is -2.64. The van der Waals surface area contributed by atoms with Gasteiger partial charge >= 0.3 is 7.82 Å². The molecule has 0 aliphatic heterocycles. The molecule has 0 aromatic carbocycles. The predicted octanol–water partition coefficient (Wildman–Crippen LogP) is 15.5. The molecule has 0 saturated heterocycles. The number of carbonyl (C=O) groups excluding carboxylic acids is 1. The van der Waals surface area contributed by atoms with Gasteiger partial charge in [-0.2, -0.15) is 0 Å². The maximum Gasteiger partial charge on any atom is 0.472 e. The average Bonchev–Trinajstić information content (AvgIpc) is 3.40. The first-order valence-electron chi connectivity index (χ1n) is 32.1. The lowest BCUT2D eigenvalue weighted by atomic mass is 9.85. The van der Waals surface area contributed by atoms with Crippen LogP contribution < -0.4 is 5.32 Å². The van der Waals surface area contributed by atoms with Gasteiger partial charge in [0.15, 0.2) is 0 Å². The van der Waals surface area contributed by atoms with Gasteiger partial charge in [-0.25, -0.2) is 4.57 Å². The largest absolute Gasteiger partial charge is 0.472 e. The number of aliphatic hydroxyl groups excluding tert-OH is 6. The molecule has 8 N–H and O–H groups in total. The number of unbranched alkanes of at least 4 members (excludes halogenated alkanes) is 45. The zero-order valence-electron chi connectivity index (χ0n) is 48.6. The number of rotatable bonds is 56. The SMILES string of the molecule is CCCCCCCCCCCCCCCCC/C=C/[C@@H](O)[C@H](COP(=O)(O)OC1C(O)C(O)C(O)[C@@H](O)C1O)NC(=O)CCCCCCCCCCCCCCCCCCCCCCCCCCCCCCCCC. The van der Waals surface area contributed by atoms with Crippen LogP contribution in [-0.2, 0) is 18.4 Å². The third kappa shape index (κ3) is 41.7. The number of phosphoric acid groups is 1. The Balaban J connectivity index is 2.23. The highest BCUT2D eigenvalue weighted by Gasteiger charge is 2.51. The molecule has 0 radical (unpaired) electrons. The third-order valence-corrected chi connectivity index (χ3v) is 16.8. The van der Waals surface area contributed by atoms with Crippen LogP contribution in [0.15, 0.2) is 12.2 Å². The van der Waals surface area contributed by atoms with E-state index >= 15 is 0 Å². The summed E-state index contributed by atoms with van der Waals surface area (Å²) in [4.78, 5) is 23.6. The van der Waals surface area contributed by atoms with Crippen molar-refractivity contribution in [3.63, 3.8) is 0 Å². The first-order valence-corrected chi connectivity index (χ1v) is 33.6. The van der Waals surface area contributed by atoms with Crippen molar-refractivity contribution in [2.24, 2.45) is 0 Å². The smallest absolute Gasteiger partial charge is 0.387 e. The molecular formula is C62H122NO11P. The van der Waals surface area contributed by atoms with Crippen LogP contribution in [0.1, 0.15) is 322 Å². The summed E-state index contributed by atoms with van der Waals surface area (Å²) in [5, 5.41) is 64.4. The molecule has 6 unspecified atom stereocenters. The fourth-order valence-corrected chi connectivity index (χ4v) is 11.6. The Morgan fingerprint density at radius 1 is 0.440 bits per heavy atom. The minimum Gasteiger partial charge on any atom is -0.387 e. The Morgan fingerprint density at radius 2 is 0.707 bits per heavy atom. The molecule has 1 saturated carbocycles. The number of carbonyl (C=O) groups is 1. The van der Waals surface area contributed by atoms with Gasteiger partial charge in [-0.15, -0.1) is 0 Å². The van der Waals surface area contributed by atoms with E-state index in [0.717, 1.165) is 44.9 Å². The number of nitrogens with one attached hydrogen (secondary N) is 1. The summed E-state index contributed by atoms with van der Waals surface area (Å²) in [6.07, 6.45) is 51.7. The summed E-state index contributed by atoms with van der Waals surface area (Å²) in [5.74, 6) is -0.332. The summed E-state index contributed by atoms with van der Waals surface area (Å²) in [7, 11) is -5.09. The van der Waals surface area contributed by atoms with Crippen LogP contribution in [0, 0.1) is 0 Å². The Bertz CT molecular complexity index is 1310. The fourth-order valence-electron chi connectivity index (χ4n) is 10.7. The monoisotopic (exact) mass is 1090 g/mol. The number of allylic oxidation sites excluding steroid dienone is 1. The summed E-state index contributed by atoms with van der Waals surface area (Å²) in [6.45, 7) is 3.90. The second-order valence-electron chi connectivity index (χ2n) is 23.0. The van der Waals surface area contributed by atoms with Crippen molar-refractivity contribution >= 4 is 13.7 Å². The van der Waals surface area contributed by atoms with Gasteiger partial charge in [0.25, 0.3) is 0 Å². The number of amides is 1. The van der Waals surface area contributed by atoms with E-state index in [1.807, 2.05) is 6.08 Å². The van der Waals surface area contributed by atoms with E-state index in [9.17, 15) is 44.9 Å². The molecule has 0 aromatic heterocycles. The van der Waals surface area contributed by atoms with Crippen molar-refractivity contribution in [3.8, 4) is 0 Å². The van der Waals surface area contributed by atoms with Crippen LogP contribution in [0.25, 0.3) is 0 Å². The molecule has 1 fully saturated rings. The van der Waals surface area contributed by atoms with Crippen molar-refractivity contribution in [3.05, 3.63) is 12.2 Å². The normalized spacial score (nSPS) is 20.7. The lowest BCUT2D eigenvalue weighted by Gasteiger charge is -2.41. The van der Waals surface area contributed by atoms with Crippen LogP contribution in [0.3, 0.4) is 0 Å². The van der Waals surface area contributed by atoms with Crippen LogP contribution in [0.4, 0.5) is 0 Å². The molecule has 446 valence electrons. The second-order valence-corrected chi connectivity index (χ2v) is 24.4. The van der Waals surface area contributed by atoms with Crippen LogP contribution in [0.2, 0.25) is 0 Å². The summed E-state index contributed by atoms with van der Waals surface area (Å²) in [6, 6.07) is -1.11. The van der Waals surface area contributed by atoms with Crippen molar-refractivity contribution in [1.82, 2.24) is 5.32 Å². The Kier molecular flexibility index (Phi) is 49.3. The predicted molar refractivity (Wildman–Crippen MR) is 311 cm³/mol. The standard InChI is InChI=1S/C62H122NO11P/c1-3-5-7-9-11-13-15-17-19-21-22-23-24-25-26-27-28-29-30-31-32-33-34-36-38-40-42-44-46-48-50-52-56(65)63-54(53-73-75(71,72)74-62-60(69)58(67)57(66)59(68)61(62)70)55(64)51-49-47-45-43-41-39-37-35-20-18-16-14-12-10-8-6-4-2/h49,51,54-55,57-62,64,66-70H,3-48,50,52-53H2,1-2H3,(H,63,65)(H,71,72)/b51-49+/t54-,55+,57?,58+,59?,60?,61?,62?/m0/s1. The molecule has 12 nitrogen and oxygen atoms in total. The summed E-state index contributed by atoms with van der Waals surface area (Å²) < 4.78 is 23.1. The van der Waals surface area contributed by atoms with E-state index < -0.39 is 63.2 Å². The van der Waals surface area contributed by atoms with E-state index in [4.69, 9.17) is 9.05 Å².